The molecule has 0 aromatic heterocycles. The van der Waals surface area contributed by atoms with Gasteiger partial charge in [-0.05, 0) is 67.5 Å². The van der Waals surface area contributed by atoms with Crippen LogP contribution in [0.5, 0.6) is 0 Å². The molecule has 3 rings (SSSR count). The molecule has 2 aromatic carbocycles. The van der Waals surface area contributed by atoms with Crippen molar-refractivity contribution in [2.75, 3.05) is 0 Å². The maximum Gasteiger partial charge on any atom is 0.194 e. The second-order valence-corrected chi connectivity index (χ2v) is 5.91. The minimum Gasteiger partial charge on any atom is -0.289 e. The van der Waals surface area contributed by atoms with E-state index in [1.807, 2.05) is 37.3 Å². The molecule has 1 nitrogen and oxygen atoms in total. The summed E-state index contributed by atoms with van der Waals surface area (Å²) in [6.07, 6.45) is 4.69. The number of carbonyl (C=O) groups excluding carboxylic acids is 1. The predicted molar refractivity (Wildman–Crippen MR) is 82.7 cm³/mol. The van der Waals surface area contributed by atoms with Gasteiger partial charge in [-0.2, -0.15) is 0 Å². The molecule has 0 heterocycles. The van der Waals surface area contributed by atoms with Gasteiger partial charge in [-0.3, -0.25) is 4.79 Å². The first-order chi connectivity index (χ1) is 9.65. The van der Waals surface area contributed by atoms with E-state index in [2.05, 4.69) is 6.07 Å². The highest BCUT2D eigenvalue weighted by Gasteiger charge is 2.16. The average molecular weight is 285 g/mol. The van der Waals surface area contributed by atoms with Gasteiger partial charge in [0.05, 0.1) is 5.02 Å². The SMILES string of the molecule is Cc1ccc(C(=O)c2ccc3c(c2)CCCC3)c(Cl)c1. The fourth-order valence-corrected chi connectivity index (χ4v) is 3.16. The first-order valence-electron chi connectivity index (χ1n) is 7.08. The first kappa shape index (κ1) is 13.4. The molecule has 0 N–H and O–H groups in total. The molecular weight excluding hydrogens is 268 g/mol. The standard InChI is InChI=1S/C18H17ClO/c1-12-6-9-16(17(19)10-12)18(20)15-8-7-13-4-2-3-5-14(13)11-15/h6-11H,2-5H2,1H3. The van der Waals surface area contributed by atoms with Crippen molar-refractivity contribution in [1.29, 1.82) is 0 Å². The Balaban J connectivity index is 1.98. The summed E-state index contributed by atoms with van der Waals surface area (Å²) in [6, 6.07) is 11.7. The van der Waals surface area contributed by atoms with E-state index in [-0.39, 0.29) is 5.78 Å². The molecule has 2 heteroatoms. The summed E-state index contributed by atoms with van der Waals surface area (Å²) in [4.78, 5) is 12.6. The number of carbonyl (C=O) groups is 1. The van der Waals surface area contributed by atoms with E-state index in [0.29, 0.717) is 10.6 Å². The summed E-state index contributed by atoms with van der Waals surface area (Å²) in [5.41, 5.74) is 5.12. The quantitative estimate of drug-likeness (QED) is 0.727. The topological polar surface area (TPSA) is 17.1 Å². The van der Waals surface area contributed by atoms with Crippen molar-refractivity contribution in [2.24, 2.45) is 0 Å². The number of rotatable bonds is 2. The number of aryl methyl sites for hydroxylation is 3. The third kappa shape index (κ3) is 2.51. The van der Waals surface area contributed by atoms with Gasteiger partial charge in [-0.15, -0.1) is 0 Å². The third-order valence-corrected chi connectivity index (χ3v) is 4.29. The van der Waals surface area contributed by atoms with Gasteiger partial charge in [-0.25, -0.2) is 0 Å². The van der Waals surface area contributed by atoms with Gasteiger partial charge in [0.15, 0.2) is 5.78 Å². The molecular formula is C18H17ClO. The van der Waals surface area contributed by atoms with Crippen LogP contribution in [0, 0.1) is 6.92 Å². The van der Waals surface area contributed by atoms with Crippen LogP contribution in [0.2, 0.25) is 5.02 Å². The number of fused-ring (bicyclic) bond motifs is 1. The Bertz CT molecular complexity index is 673. The molecule has 0 unspecified atom stereocenters. The van der Waals surface area contributed by atoms with Crippen molar-refractivity contribution >= 4 is 17.4 Å². The Morgan fingerprint density at radius 2 is 1.75 bits per heavy atom. The predicted octanol–water partition coefficient (Wildman–Crippen LogP) is 4.76. The van der Waals surface area contributed by atoms with Gasteiger partial charge < -0.3 is 0 Å². The van der Waals surface area contributed by atoms with Crippen molar-refractivity contribution in [3.8, 4) is 0 Å². The molecule has 0 saturated heterocycles. The second-order valence-electron chi connectivity index (χ2n) is 5.50. The van der Waals surface area contributed by atoms with Gasteiger partial charge in [0.2, 0.25) is 0 Å². The van der Waals surface area contributed by atoms with E-state index in [1.165, 1.54) is 24.0 Å². The number of ketones is 1. The lowest BCUT2D eigenvalue weighted by molar-refractivity contribution is 0.103. The maximum atomic E-state index is 12.6. The minimum absolute atomic E-state index is 0.0170. The lowest BCUT2D eigenvalue weighted by Crippen LogP contribution is -2.07. The summed E-state index contributed by atoms with van der Waals surface area (Å²) < 4.78 is 0. The van der Waals surface area contributed by atoms with E-state index in [1.54, 1.807) is 0 Å². The van der Waals surface area contributed by atoms with Crippen LogP contribution >= 0.6 is 11.6 Å². The van der Waals surface area contributed by atoms with E-state index in [4.69, 9.17) is 11.6 Å². The molecule has 20 heavy (non-hydrogen) atoms. The molecule has 0 saturated carbocycles. The second kappa shape index (κ2) is 5.41. The monoisotopic (exact) mass is 284 g/mol. The number of benzene rings is 2. The molecule has 0 amide bonds. The Kier molecular flexibility index (Phi) is 3.62. The van der Waals surface area contributed by atoms with Crippen LogP contribution < -0.4 is 0 Å². The number of halogens is 1. The Labute approximate surface area is 124 Å². The molecule has 2 aromatic rings. The van der Waals surface area contributed by atoms with Crippen molar-refractivity contribution in [3.05, 3.63) is 69.2 Å². The molecule has 0 bridgehead atoms. The fourth-order valence-electron chi connectivity index (χ4n) is 2.83. The molecule has 0 spiro atoms. The van der Waals surface area contributed by atoms with E-state index >= 15 is 0 Å². The van der Waals surface area contributed by atoms with Crippen LogP contribution in [0.1, 0.15) is 45.5 Å². The largest absolute Gasteiger partial charge is 0.289 e. The van der Waals surface area contributed by atoms with Gasteiger partial charge in [0, 0.05) is 11.1 Å². The smallest absolute Gasteiger partial charge is 0.194 e. The normalized spacial score (nSPS) is 13.9. The fraction of sp³-hybridized carbons (Fsp3) is 0.278. The summed E-state index contributed by atoms with van der Waals surface area (Å²) in [6.45, 7) is 1.97. The highest BCUT2D eigenvalue weighted by Crippen LogP contribution is 2.25. The third-order valence-electron chi connectivity index (χ3n) is 3.98. The summed E-state index contributed by atoms with van der Waals surface area (Å²) >= 11 is 6.20. The summed E-state index contributed by atoms with van der Waals surface area (Å²) in [5.74, 6) is 0.0170. The van der Waals surface area contributed by atoms with Crippen molar-refractivity contribution in [3.63, 3.8) is 0 Å². The zero-order chi connectivity index (χ0) is 14.1. The zero-order valence-corrected chi connectivity index (χ0v) is 12.3. The van der Waals surface area contributed by atoms with Crippen LogP contribution in [-0.4, -0.2) is 5.78 Å². The molecule has 1 aliphatic rings. The van der Waals surface area contributed by atoms with Gasteiger partial charge in [0.1, 0.15) is 0 Å². The molecule has 0 fully saturated rings. The Morgan fingerprint density at radius 3 is 2.50 bits per heavy atom. The lowest BCUT2D eigenvalue weighted by atomic mass is 9.89. The van der Waals surface area contributed by atoms with Gasteiger partial charge in [-0.1, -0.05) is 29.8 Å². The zero-order valence-electron chi connectivity index (χ0n) is 11.6. The van der Waals surface area contributed by atoms with Crippen LogP contribution in [0.15, 0.2) is 36.4 Å². The number of hydrogen-bond acceptors (Lipinski definition) is 1. The first-order valence-corrected chi connectivity index (χ1v) is 7.45. The lowest BCUT2D eigenvalue weighted by Gasteiger charge is -2.16. The van der Waals surface area contributed by atoms with Crippen molar-refractivity contribution in [2.45, 2.75) is 32.6 Å². The van der Waals surface area contributed by atoms with Gasteiger partial charge >= 0.3 is 0 Å². The molecule has 0 atom stereocenters. The van der Waals surface area contributed by atoms with Crippen LogP contribution in [0.25, 0.3) is 0 Å². The summed E-state index contributed by atoms with van der Waals surface area (Å²) in [7, 11) is 0. The van der Waals surface area contributed by atoms with Crippen molar-refractivity contribution in [1.82, 2.24) is 0 Å². The Morgan fingerprint density at radius 1 is 1.00 bits per heavy atom. The average Bonchev–Trinajstić information content (AvgIpc) is 2.46. The van der Waals surface area contributed by atoms with Crippen molar-refractivity contribution < 1.29 is 4.79 Å². The Hall–Kier alpha value is -1.60. The highest BCUT2D eigenvalue weighted by molar-refractivity contribution is 6.35. The highest BCUT2D eigenvalue weighted by atomic mass is 35.5. The molecule has 0 radical (unpaired) electrons. The number of hydrogen-bond donors (Lipinski definition) is 0. The summed E-state index contributed by atoms with van der Waals surface area (Å²) in [5, 5.41) is 0.535. The minimum atomic E-state index is 0.0170. The van der Waals surface area contributed by atoms with E-state index in [9.17, 15) is 4.79 Å². The van der Waals surface area contributed by atoms with Crippen LogP contribution in [-0.2, 0) is 12.8 Å². The molecule has 102 valence electrons. The van der Waals surface area contributed by atoms with E-state index < -0.39 is 0 Å². The van der Waals surface area contributed by atoms with Crippen LogP contribution in [0.3, 0.4) is 0 Å². The maximum absolute atomic E-state index is 12.6. The van der Waals surface area contributed by atoms with Crippen LogP contribution in [0.4, 0.5) is 0 Å². The molecule has 1 aliphatic carbocycles. The van der Waals surface area contributed by atoms with E-state index in [0.717, 1.165) is 24.0 Å². The van der Waals surface area contributed by atoms with Gasteiger partial charge in [0.25, 0.3) is 0 Å². The molecule has 0 aliphatic heterocycles.